The first kappa shape index (κ1) is 15.4. The number of fused-ring (bicyclic) bond motifs is 1. The minimum absolute atomic E-state index is 0.0465. The van der Waals surface area contributed by atoms with E-state index in [1.54, 1.807) is 7.11 Å². The third-order valence-electron chi connectivity index (χ3n) is 4.67. The van der Waals surface area contributed by atoms with Gasteiger partial charge in [0, 0.05) is 22.6 Å². The van der Waals surface area contributed by atoms with Gasteiger partial charge >= 0.3 is 0 Å². The molecule has 122 valence electrons. The number of ketones is 1. The van der Waals surface area contributed by atoms with Gasteiger partial charge in [-0.15, -0.1) is 0 Å². The molecule has 0 bridgehead atoms. The molecule has 2 nitrogen and oxygen atoms in total. The Kier molecular flexibility index (Phi) is 3.95. The number of para-hydroxylation sites is 1. The van der Waals surface area contributed by atoms with Crippen molar-refractivity contribution in [1.82, 2.24) is 0 Å². The molecular weight excluding hydrogens is 308 g/mol. The number of methoxy groups -OCH3 is 1. The number of carbonyl (C=O) groups is 1. The molecule has 0 saturated carbocycles. The number of carbonyl (C=O) groups excluding carboxylic acids is 1. The first-order chi connectivity index (χ1) is 12.3. The van der Waals surface area contributed by atoms with E-state index in [1.165, 1.54) is 0 Å². The van der Waals surface area contributed by atoms with Crippen LogP contribution in [0.5, 0.6) is 5.75 Å². The Hall–Kier alpha value is -3.13. The Morgan fingerprint density at radius 1 is 0.840 bits per heavy atom. The molecule has 0 radical (unpaired) electrons. The predicted molar refractivity (Wildman–Crippen MR) is 100 cm³/mol. The van der Waals surface area contributed by atoms with Gasteiger partial charge in [-0.2, -0.15) is 0 Å². The Morgan fingerprint density at radius 2 is 1.52 bits per heavy atom. The summed E-state index contributed by atoms with van der Waals surface area (Å²) in [6.45, 7) is 0. The first-order valence-electron chi connectivity index (χ1n) is 8.33. The lowest BCUT2D eigenvalue weighted by Crippen LogP contribution is -2.02. The van der Waals surface area contributed by atoms with E-state index in [1.807, 2.05) is 72.8 Å². The number of benzene rings is 3. The molecule has 0 aromatic heterocycles. The maximum absolute atomic E-state index is 13.1. The molecule has 0 fully saturated rings. The van der Waals surface area contributed by atoms with Gasteiger partial charge in [0.2, 0.25) is 0 Å². The fourth-order valence-corrected chi connectivity index (χ4v) is 3.52. The lowest BCUT2D eigenvalue weighted by molar-refractivity contribution is 0.103. The standard InChI is InChI=1S/C23H18O2/c1-25-21-14-8-5-11-17(21)15-20-22(16-9-3-2-4-10-16)18-12-6-7-13-19(18)23(20)24/h2-15,22H,1H3/b20-15-/t22-/m0/s1. The van der Waals surface area contributed by atoms with Gasteiger partial charge in [-0.3, -0.25) is 4.79 Å². The molecule has 0 saturated heterocycles. The number of rotatable bonds is 3. The van der Waals surface area contributed by atoms with Crippen LogP contribution in [-0.4, -0.2) is 12.9 Å². The Labute approximate surface area is 147 Å². The van der Waals surface area contributed by atoms with Gasteiger partial charge in [-0.05, 0) is 23.3 Å². The van der Waals surface area contributed by atoms with Crippen molar-refractivity contribution in [2.24, 2.45) is 0 Å². The van der Waals surface area contributed by atoms with Crippen LogP contribution < -0.4 is 4.74 Å². The van der Waals surface area contributed by atoms with E-state index in [0.29, 0.717) is 0 Å². The van der Waals surface area contributed by atoms with E-state index in [-0.39, 0.29) is 11.7 Å². The Balaban J connectivity index is 1.91. The van der Waals surface area contributed by atoms with Crippen LogP contribution in [0.3, 0.4) is 0 Å². The summed E-state index contributed by atoms with van der Waals surface area (Å²) in [5.41, 5.74) is 4.69. The quantitative estimate of drug-likeness (QED) is 0.625. The molecule has 0 aliphatic heterocycles. The van der Waals surface area contributed by atoms with Crippen LogP contribution in [0.2, 0.25) is 0 Å². The van der Waals surface area contributed by atoms with Crippen LogP contribution in [0, 0.1) is 0 Å². The molecule has 1 atom stereocenters. The summed E-state index contributed by atoms with van der Waals surface area (Å²) >= 11 is 0. The van der Waals surface area contributed by atoms with Gasteiger partial charge in [-0.25, -0.2) is 0 Å². The van der Waals surface area contributed by atoms with Crippen molar-refractivity contribution in [3.05, 3.63) is 107 Å². The Morgan fingerprint density at radius 3 is 2.32 bits per heavy atom. The van der Waals surface area contributed by atoms with Gasteiger partial charge in [0.15, 0.2) is 5.78 Å². The van der Waals surface area contributed by atoms with E-state index >= 15 is 0 Å². The number of hydrogen-bond donors (Lipinski definition) is 0. The first-order valence-corrected chi connectivity index (χ1v) is 8.33. The molecule has 0 spiro atoms. The minimum atomic E-state index is -0.0465. The molecule has 1 aliphatic carbocycles. The van der Waals surface area contributed by atoms with Crippen molar-refractivity contribution >= 4 is 11.9 Å². The third kappa shape index (κ3) is 2.66. The Bertz CT molecular complexity index is 955. The average molecular weight is 326 g/mol. The van der Waals surface area contributed by atoms with Crippen molar-refractivity contribution < 1.29 is 9.53 Å². The molecule has 3 aromatic carbocycles. The smallest absolute Gasteiger partial charge is 0.190 e. The number of allylic oxidation sites excluding steroid dienone is 1. The van der Waals surface area contributed by atoms with Crippen molar-refractivity contribution in [3.8, 4) is 5.75 Å². The van der Waals surface area contributed by atoms with Gasteiger partial charge in [-0.1, -0.05) is 72.8 Å². The zero-order chi connectivity index (χ0) is 17.2. The van der Waals surface area contributed by atoms with Crippen LogP contribution in [0.1, 0.15) is 33.0 Å². The monoisotopic (exact) mass is 326 g/mol. The summed E-state index contributed by atoms with van der Waals surface area (Å²) in [7, 11) is 1.65. The molecule has 0 unspecified atom stereocenters. The highest BCUT2D eigenvalue weighted by Crippen LogP contribution is 2.43. The van der Waals surface area contributed by atoms with Gasteiger partial charge < -0.3 is 4.74 Å². The molecule has 0 N–H and O–H groups in total. The molecule has 1 aliphatic rings. The molecule has 4 rings (SSSR count). The predicted octanol–water partition coefficient (Wildman–Crippen LogP) is 5.11. The van der Waals surface area contributed by atoms with Crippen molar-refractivity contribution in [3.63, 3.8) is 0 Å². The van der Waals surface area contributed by atoms with Gasteiger partial charge in [0.1, 0.15) is 5.75 Å². The van der Waals surface area contributed by atoms with E-state index in [4.69, 9.17) is 4.74 Å². The minimum Gasteiger partial charge on any atom is -0.496 e. The number of ether oxygens (including phenoxy) is 1. The summed E-state index contributed by atoms with van der Waals surface area (Å²) < 4.78 is 5.45. The van der Waals surface area contributed by atoms with Crippen molar-refractivity contribution in [2.45, 2.75) is 5.92 Å². The molecule has 0 amide bonds. The summed E-state index contributed by atoms with van der Waals surface area (Å²) in [6, 6.07) is 25.8. The summed E-state index contributed by atoms with van der Waals surface area (Å²) in [5, 5.41) is 0. The van der Waals surface area contributed by atoms with Crippen LogP contribution in [0.15, 0.2) is 84.4 Å². The topological polar surface area (TPSA) is 26.3 Å². The van der Waals surface area contributed by atoms with Crippen LogP contribution in [-0.2, 0) is 0 Å². The second-order valence-corrected chi connectivity index (χ2v) is 6.10. The molecular formula is C23H18O2. The largest absolute Gasteiger partial charge is 0.496 e. The average Bonchev–Trinajstić information content (AvgIpc) is 2.95. The zero-order valence-corrected chi connectivity index (χ0v) is 14.0. The second-order valence-electron chi connectivity index (χ2n) is 6.10. The maximum Gasteiger partial charge on any atom is 0.190 e. The summed E-state index contributed by atoms with van der Waals surface area (Å²) in [6.07, 6.45) is 1.97. The normalized spacial score (nSPS) is 17.6. The van der Waals surface area contributed by atoms with Crippen LogP contribution in [0.25, 0.3) is 6.08 Å². The van der Waals surface area contributed by atoms with Crippen LogP contribution >= 0.6 is 0 Å². The molecule has 25 heavy (non-hydrogen) atoms. The highest BCUT2D eigenvalue weighted by Gasteiger charge is 2.35. The number of Topliss-reactive ketones (excluding diaryl/α,β-unsaturated/α-hetero) is 1. The second kappa shape index (κ2) is 6.40. The summed E-state index contributed by atoms with van der Waals surface area (Å²) in [4.78, 5) is 13.1. The zero-order valence-electron chi connectivity index (χ0n) is 14.0. The van der Waals surface area contributed by atoms with Crippen molar-refractivity contribution in [2.75, 3.05) is 7.11 Å². The third-order valence-corrected chi connectivity index (χ3v) is 4.67. The fourth-order valence-electron chi connectivity index (χ4n) is 3.52. The summed E-state index contributed by atoms with van der Waals surface area (Å²) in [5.74, 6) is 0.815. The number of hydrogen-bond acceptors (Lipinski definition) is 2. The lowest BCUT2D eigenvalue weighted by atomic mass is 9.89. The van der Waals surface area contributed by atoms with Gasteiger partial charge in [0.25, 0.3) is 0 Å². The SMILES string of the molecule is COc1ccccc1/C=C1\C(=O)c2ccccc2[C@@H]1c1ccccc1. The van der Waals surface area contributed by atoms with Crippen molar-refractivity contribution in [1.29, 1.82) is 0 Å². The fraction of sp³-hybridized carbons (Fsp3) is 0.0870. The highest BCUT2D eigenvalue weighted by molar-refractivity contribution is 6.17. The maximum atomic E-state index is 13.1. The highest BCUT2D eigenvalue weighted by atomic mass is 16.5. The lowest BCUT2D eigenvalue weighted by Gasteiger charge is -2.14. The van der Waals surface area contributed by atoms with Crippen LogP contribution in [0.4, 0.5) is 0 Å². The molecule has 0 heterocycles. The molecule has 2 heteroatoms. The van der Waals surface area contributed by atoms with E-state index in [9.17, 15) is 4.79 Å². The van der Waals surface area contributed by atoms with E-state index in [2.05, 4.69) is 12.1 Å². The molecule has 3 aromatic rings. The van der Waals surface area contributed by atoms with E-state index in [0.717, 1.165) is 33.6 Å². The van der Waals surface area contributed by atoms with Gasteiger partial charge in [0.05, 0.1) is 7.11 Å². The van der Waals surface area contributed by atoms with E-state index < -0.39 is 0 Å².